The van der Waals surface area contributed by atoms with Crippen molar-refractivity contribution in [3.63, 3.8) is 0 Å². The maximum Gasteiger partial charge on any atom is 0.0484 e. The molecule has 0 unspecified atom stereocenters. The zero-order valence-corrected chi connectivity index (χ0v) is 10.5. The van der Waals surface area contributed by atoms with E-state index >= 15 is 0 Å². The molecule has 0 amide bonds. The Hall–Kier alpha value is -0.980. The molecule has 0 radical (unpaired) electrons. The minimum Gasteiger partial charge on any atom is -0.122 e. The van der Waals surface area contributed by atoms with Gasteiger partial charge in [0.1, 0.15) is 0 Å². The highest BCUT2D eigenvalue weighted by molar-refractivity contribution is 6.33. The summed E-state index contributed by atoms with van der Waals surface area (Å²) >= 11 is 12.1. The third-order valence-electron chi connectivity index (χ3n) is 2.62. The van der Waals surface area contributed by atoms with Gasteiger partial charge in [0.2, 0.25) is 0 Å². The van der Waals surface area contributed by atoms with Crippen LogP contribution in [0, 0.1) is 6.92 Å². The molecular weight excluding hydrogens is 239 g/mol. The Morgan fingerprint density at radius 2 is 1.75 bits per heavy atom. The Bertz CT molecular complexity index is 504. The van der Waals surface area contributed by atoms with E-state index in [0.717, 1.165) is 16.1 Å². The summed E-state index contributed by atoms with van der Waals surface area (Å²) in [5, 5.41) is 0.767. The predicted molar refractivity (Wildman–Crippen MR) is 71.2 cm³/mol. The van der Waals surface area contributed by atoms with Crippen LogP contribution in [0.2, 0.25) is 5.02 Å². The molecule has 2 rings (SSSR count). The summed E-state index contributed by atoms with van der Waals surface area (Å²) in [6.45, 7) is 2.08. The first-order chi connectivity index (χ1) is 7.72. The minimum absolute atomic E-state index is 0.510. The maximum absolute atomic E-state index is 6.22. The number of benzene rings is 2. The van der Waals surface area contributed by atoms with Gasteiger partial charge in [-0.15, -0.1) is 11.6 Å². The minimum atomic E-state index is 0.510. The number of hydrogen-bond donors (Lipinski definition) is 0. The molecule has 2 aromatic rings. The van der Waals surface area contributed by atoms with Crippen molar-refractivity contribution in [2.75, 3.05) is 0 Å². The molecule has 0 saturated carbocycles. The molecule has 0 aliphatic carbocycles. The second kappa shape index (κ2) is 4.90. The molecule has 2 heteroatoms. The third-order valence-corrected chi connectivity index (χ3v) is 3.26. The summed E-state index contributed by atoms with van der Waals surface area (Å²) < 4.78 is 0. The Morgan fingerprint density at radius 1 is 1.00 bits per heavy atom. The largest absolute Gasteiger partial charge is 0.122 e. The molecular formula is C14H12Cl2. The zero-order valence-electron chi connectivity index (χ0n) is 9.00. The molecule has 2 aromatic carbocycles. The summed E-state index contributed by atoms with van der Waals surface area (Å²) in [5.41, 5.74) is 4.53. The predicted octanol–water partition coefficient (Wildman–Crippen LogP) is 5.05. The maximum atomic E-state index is 6.22. The first-order valence-corrected chi connectivity index (χ1v) is 6.04. The normalized spacial score (nSPS) is 10.4. The lowest BCUT2D eigenvalue weighted by molar-refractivity contribution is 1.39. The van der Waals surface area contributed by atoms with E-state index in [1.807, 2.05) is 24.3 Å². The van der Waals surface area contributed by atoms with E-state index in [1.165, 1.54) is 11.1 Å². The molecule has 16 heavy (non-hydrogen) atoms. The van der Waals surface area contributed by atoms with Crippen molar-refractivity contribution in [1.82, 2.24) is 0 Å². The Balaban J connectivity index is 2.59. The topological polar surface area (TPSA) is 0 Å². The first kappa shape index (κ1) is 11.5. The fraction of sp³-hybridized carbons (Fsp3) is 0.143. The van der Waals surface area contributed by atoms with Gasteiger partial charge in [0.25, 0.3) is 0 Å². The summed E-state index contributed by atoms with van der Waals surface area (Å²) in [4.78, 5) is 0. The van der Waals surface area contributed by atoms with Crippen LogP contribution in [0.4, 0.5) is 0 Å². The second-order valence-corrected chi connectivity index (χ2v) is 4.44. The highest BCUT2D eigenvalue weighted by Gasteiger charge is 2.06. The van der Waals surface area contributed by atoms with E-state index in [2.05, 4.69) is 25.1 Å². The first-order valence-electron chi connectivity index (χ1n) is 5.13. The van der Waals surface area contributed by atoms with E-state index in [4.69, 9.17) is 23.2 Å². The van der Waals surface area contributed by atoms with Crippen LogP contribution in [-0.4, -0.2) is 0 Å². The van der Waals surface area contributed by atoms with Crippen molar-refractivity contribution < 1.29 is 0 Å². The summed E-state index contributed by atoms with van der Waals surface area (Å²) in [6, 6.07) is 14.1. The lowest BCUT2D eigenvalue weighted by atomic mass is 9.99. The van der Waals surface area contributed by atoms with Gasteiger partial charge in [-0.05, 0) is 35.7 Å². The lowest BCUT2D eigenvalue weighted by Crippen LogP contribution is -1.86. The molecule has 0 atom stereocenters. The molecule has 0 N–H and O–H groups in total. The molecule has 0 aromatic heterocycles. The second-order valence-electron chi connectivity index (χ2n) is 3.76. The van der Waals surface area contributed by atoms with E-state index in [1.54, 1.807) is 0 Å². The highest BCUT2D eigenvalue weighted by atomic mass is 35.5. The molecule has 0 nitrogen and oxygen atoms in total. The van der Waals surface area contributed by atoms with Crippen molar-refractivity contribution in [2.45, 2.75) is 12.8 Å². The average molecular weight is 251 g/mol. The quantitative estimate of drug-likeness (QED) is 0.655. The van der Waals surface area contributed by atoms with Gasteiger partial charge in [-0.3, -0.25) is 0 Å². The van der Waals surface area contributed by atoms with Crippen LogP contribution in [-0.2, 0) is 5.88 Å². The summed E-state index contributed by atoms with van der Waals surface area (Å²) in [5.74, 6) is 0.510. The molecule has 0 aliphatic heterocycles. The van der Waals surface area contributed by atoms with Gasteiger partial charge >= 0.3 is 0 Å². The Kier molecular flexibility index (Phi) is 3.52. The number of halogens is 2. The van der Waals surface area contributed by atoms with Gasteiger partial charge in [-0.1, -0.05) is 41.9 Å². The van der Waals surface area contributed by atoms with Crippen LogP contribution in [0.15, 0.2) is 42.5 Å². The molecule has 0 fully saturated rings. The van der Waals surface area contributed by atoms with Gasteiger partial charge in [0.05, 0.1) is 0 Å². The van der Waals surface area contributed by atoms with Crippen LogP contribution in [0.1, 0.15) is 11.1 Å². The smallest absolute Gasteiger partial charge is 0.0484 e. The van der Waals surface area contributed by atoms with Crippen LogP contribution in [0.3, 0.4) is 0 Å². The molecule has 82 valence electrons. The van der Waals surface area contributed by atoms with Crippen molar-refractivity contribution in [1.29, 1.82) is 0 Å². The fourth-order valence-electron chi connectivity index (χ4n) is 1.74. The van der Waals surface area contributed by atoms with Crippen molar-refractivity contribution in [2.24, 2.45) is 0 Å². The van der Waals surface area contributed by atoms with Crippen LogP contribution in [0.5, 0.6) is 0 Å². The van der Waals surface area contributed by atoms with Gasteiger partial charge in [-0.25, -0.2) is 0 Å². The van der Waals surface area contributed by atoms with E-state index in [-0.39, 0.29) is 0 Å². The van der Waals surface area contributed by atoms with Crippen molar-refractivity contribution >= 4 is 23.2 Å². The summed E-state index contributed by atoms with van der Waals surface area (Å²) in [7, 11) is 0. The van der Waals surface area contributed by atoms with Crippen LogP contribution in [0.25, 0.3) is 11.1 Å². The van der Waals surface area contributed by atoms with Gasteiger partial charge in [-0.2, -0.15) is 0 Å². The molecule has 0 bridgehead atoms. The number of alkyl halides is 1. The lowest BCUT2D eigenvalue weighted by Gasteiger charge is -2.09. The van der Waals surface area contributed by atoms with E-state index in [0.29, 0.717) is 5.88 Å². The van der Waals surface area contributed by atoms with Gasteiger partial charge < -0.3 is 0 Å². The third kappa shape index (κ3) is 2.23. The van der Waals surface area contributed by atoms with E-state index < -0.39 is 0 Å². The standard InChI is InChI=1S/C14H12Cl2/c1-10-4-2-3-5-12(10)13-8-11(9-15)6-7-14(13)16/h2-8H,9H2,1H3. The number of rotatable bonds is 2. The average Bonchev–Trinajstić information content (AvgIpc) is 2.31. The highest BCUT2D eigenvalue weighted by Crippen LogP contribution is 2.31. The van der Waals surface area contributed by atoms with Crippen molar-refractivity contribution in [3.05, 3.63) is 58.6 Å². The monoisotopic (exact) mass is 250 g/mol. The number of aryl methyl sites for hydroxylation is 1. The number of hydrogen-bond acceptors (Lipinski definition) is 0. The zero-order chi connectivity index (χ0) is 11.5. The van der Waals surface area contributed by atoms with Gasteiger partial charge in [0.15, 0.2) is 0 Å². The molecule has 0 spiro atoms. The summed E-state index contributed by atoms with van der Waals surface area (Å²) in [6.07, 6.45) is 0. The Morgan fingerprint density at radius 3 is 2.44 bits per heavy atom. The SMILES string of the molecule is Cc1ccccc1-c1cc(CCl)ccc1Cl. The van der Waals surface area contributed by atoms with Crippen molar-refractivity contribution in [3.8, 4) is 11.1 Å². The molecule has 0 heterocycles. The van der Waals surface area contributed by atoms with Gasteiger partial charge in [0, 0.05) is 16.5 Å². The fourth-order valence-corrected chi connectivity index (χ4v) is 2.12. The molecule has 0 saturated heterocycles. The van der Waals surface area contributed by atoms with Crippen LogP contribution < -0.4 is 0 Å². The molecule has 0 aliphatic rings. The van der Waals surface area contributed by atoms with E-state index in [9.17, 15) is 0 Å². The van der Waals surface area contributed by atoms with Crippen LogP contribution >= 0.6 is 23.2 Å². The Labute approximate surface area is 106 Å².